The minimum absolute atomic E-state index is 0.361. The molecule has 0 aromatic carbocycles. The number of hydrogen-bond donors (Lipinski definition) is 0. The molecule has 0 nitrogen and oxygen atoms in total. The second kappa shape index (κ2) is 2.54. The quantitative estimate of drug-likeness (QED) is 0.350. The molecule has 1 rings (SSSR count). The fourth-order valence-electron chi connectivity index (χ4n) is 1.15. The van der Waals surface area contributed by atoms with Crippen LogP contribution in [0.1, 0.15) is 26.2 Å². The SMILES string of the molecule is C/C=C1\CCCC1Cl. The molecule has 1 saturated carbocycles. The van der Waals surface area contributed by atoms with Crippen molar-refractivity contribution in [2.24, 2.45) is 0 Å². The monoisotopic (exact) mass is 130 g/mol. The predicted octanol–water partition coefficient (Wildman–Crippen LogP) is 2.72. The number of allylic oxidation sites excluding steroid dienone is 2. The Kier molecular flexibility index (Phi) is 1.95. The van der Waals surface area contributed by atoms with Crippen molar-refractivity contribution in [2.45, 2.75) is 31.6 Å². The van der Waals surface area contributed by atoms with E-state index in [0.717, 1.165) is 0 Å². The molecule has 1 aliphatic carbocycles. The Morgan fingerprint density at radius 1 is 1.75 bits per heavy atom. The van der Waals surface area contributed by atoms with Gasteiger partial charge in [-0.15, -0.1) is 11.6 Å². The topological polar surface area (TPSA) is 0 Å². The van der Waals surface area contributed by atoms with Gasteiger partial charge in [-0.05, 0) is 26.2 Å². The van der Waals surface area contributed by atoms with E-state index >= 15 is 0 Å². The zero-order chi connectivity index (χ0) is 5.98. The maximum absolute atomic E-state index is 5.91. The second-order valence-electron chi connectivity index (χ2n) is 2.22. The Balaban J connectivity index is 2.55. The van der Waals surface area contributed by atoms with Gasteiger partial charge in [0.1, 0.15) is 0 Å². The number of rotatable bonds is 0. The Labute approximate surface area is 55.5 Å². The van der Waals surface area contributed by atoms with Gasteiger partial charge in [0.2, 0.25) is 0 Å². The van der Waals surface area contributed by atoms with Crippen molar-refractivity contribution in [3.8, 4) is 0 Å². The molecule has 0 N–H and O–H groups in total. The van der Waals surface area contributed by atoms with E-state index in [9.17, 15) is 0 Å². The lowest BCUT2D eigenvalue weighted by Gasteiger charge is -1.97. The van der Waals surface area contributed by atoms with E-state index in [1.165, 1.54) is 24.8 Å². The fraction of sp³-hybridized carbons (Fsp3) is 0.714. The van der Waals surface area contributed by atoms with Crippen molar-refractivity contribution in [3.63, 3.8) is 0 Å². The number of halogens is 1. The van der Waals surface area contributed by atoms with E-state index in [1.54, 1.807) is 0 Å². The summed E-state index contributed by atoms with van der Waals surface area (Å²) >= 11 is 5.91. The van der Waals surface area contributed by atoms with Gasteiger partial charge in [0.15, 0.2) is 0 Å². The maximum Gasteiger partial charge on any atom is 0.0545 e. The predicted molar refractivity (Wildman–Crippen MR) is 37.2 cm³/mol. The first kappa shape index (κ1) is 6.15. The van der Waals surface area contributed by atoms with Gasteiger partial charge in [-0.2, -0.15) is 0 Å². The van der Waals surface area contributed by atoms with Gasteiger partial charge in [-0.25, -0.2) is 0 Å². The van der Waals surface area contributed by atoms with Gasteiger partial charge in [0.05, 0.1) is 5.38 Å². The van der Waals surface area contributed by atoms with Crippen molar-refractivity contribution in [1.29, 1.82) is 0 Å². The first-order valence-corrected chi connectivity index (χ1v) is 3.57. The highest BCUT2D eigenvalue weighted by molar-refractivity contribution is 6.22. The van der Waals surface area contributed by atoms with Crippen LogP contribution in [0.5, 0.6) is 0 Å². The molecule has 0 bridgehead atoms. The van der Waals surface area contributed by atoms with Crippen molar-refractivity contribution >= 4 is 11.6 Å². The van der Waals surface area contributed by atoms with Crippen LogP contribution in [0.2, 0.25) is 0 Å². The average molecular weight is 131 g/mol. The Bertz CT molecular complexity index is 105. The lowest BCUT2D eigenvalue weighted by molar-refractivity contribution is 0.889. The minimum Gasteiger partial charge on any atom is -0.118 e. The summed E-state index contributed by atoms with van der Waals surface area (Å²) in [4.78, 5) is 0. The van der Waals surface area contributed by atoms with E-state index in [-0.39, 0.29) is 0 Å². The Morgan fingerprint density at radius 3 is 2.75 bits per heavy atom. The zero-order valence-electron chi connectivity index (χ0n) is 5.15. The fourth-order valence-corrected chi connectivity index (χ4v) is 1.54. The van der Waals surface area contributed by atoms with E-state index in [2.05, 4.69) is 13.0 Å². The summed E-state index contributed by atoms with van der Waals surface area (Å²) in [7, 11) is 0. The van der Waals surface area contributed by atoms with Crippen LogP contribution in [0.25, 0.3) is 0 Å². The highest BCUT2D eigenvalue weighted by Gasteiger charge is 2.16. The van der Waals surface area contributed by atoms with Crippen LogP contribution in [0.3, 0.4) is 0 Å². The summed E-state index contributed by atoms with van der Waals surface area (Å²) in [5.74, 6) is 0. The molecule has 1 fully saturated rings. The first-order chi connectivity index (χ1) is 3.84. The molecule has 0 aliphatic heterocycles. The summed E-state index contributed by atoms with van der Waals surface area (Å²) in [5.41, 5.74) is 1.44. The maximum atomic E-state index is 5.91. The van der Waals surface area contributed by atoms with E-state index in [0.29, 0.717) is 5.38 Å². The van der Waals surface area contributed by atoms with E-state index in [4.69, 9.17) is 11.6 Å². The molecule has 1 atom stereocenters. The van der Waals surface area contributed by atoms with Crippen molar-refractivity contribution in [2.75, 3.05) is 0 Å². The summed E-state index contributed by atoms with van der Waals surface area (Å²) < 4.78 is 0. The second-order valence-corrected chi connectivity index (χ2v) is 2.75. The Morgan fingerprint density at radius 2 is 2.50 bits per heavy atom. The van der Waals surface area contributed by atoms with Crippen LogP contribution >= 0.6 is 11.6 Å². The normalized spacial score (nSPS) is 34.2. The molecule has 0 aromatic rings. The third-order valence-electron chi connectivity index (χ3n) is 1.70. The third kappa shape index (κ3) is 1.05. The number of hydrogen-bond acceptors (Lipinski definition) is 0. The van der Waals surface area contributed by atoms with Crippen molar-refractivity contribution in [3.05, 3.63) is 11.6 Å². The summed E-state index contributed by atoms with van der Waals surface area (Å²) in [6.45, 7) is 2.07. The lowest BCUT2D eigenvalue weighted by atomic mass is 10.2. The van der Waals surface area contributed by atoms with Crippen LogP contribution in [0.15, 0.2) is 11.6 Å². The summed E-state index contributed by atoms with van der Waals surface area (Å²) in [5, 5.41) is 0.361. The molecule has 1 aliphatic rings. The van der Waals surface area contributed by atoms with Crippen LogP contribution in [-0.2, 0) is 0 Å². The van der Waals surface area contributed by atoms with Crippen LogP contribution in [0, 0.1) is 0 Å². The third-order valence-corrected chi connectivity index (χ3v) is 2.19. The Hall–Kier alpha value is 0.0300. The number of alkyl halides is 1. The molecule has 1 unspecified atom stereocenters. The van der Waals surface area contributed by atoms with E-state index in [1.807, 2.05) is 0 Å². The molecular formula is C7H11Cl. The molecule has 0 saturated heterocycles. The highest BCUT2D eigenvalue weighted by Crippen LogP contribution is 2.28. The highest BCUT2D eigenvalue weighted by atomic mass is 35.5. The largest absolute Gasteiger partial charge is 0.118 e. The van der Waals surface area contributed by atoms with Crippen LogP contribution < -0.4 is 0 Å². The molecule has 0 radical (unpaired) electrons. The molecule has 1 heteroatoms. The molecule has 0 heterocycles. The van der Waals surface area contributed by atoms with Gasteiger partial charge in [0, 0.05) is 0 Å². The summed E-state index contributed by atoms with van der Waals surface area (Å²) in [6.07, 6.45) is 5.84. The van der Waals surface area contributed by atoms with Gasteiger partial charge in [-0.3, -0.25) is 0 Å². The summed E-state index contributed by atoms with van der Waals surface area (Å²) in [6, 6.07) is 0. The molecule has 8 heavy (non-hydrogen) atoms. The minimum atomic E-state index is 0.361. The van der Waals surface area contributed by atoms with Gasteiger partial charge >= 0.3 is 0 Å². The van der Waals surface area contributed by atoms with Crippen molar-refractivity contribution < 1.29 is 0 Å². The van der Waals surface area contributed by atoms with Gasteiger partial charge < -0.3 is 0 Å². The van der Waals surface area contributed by atoms with Crippen molar-refractivity contribution in [1.82, 2.24) is 0 Å². The molecular weight excluding hydrogens is 120 g/mol. The first-order valence-electron chi connectivity index (χ1n) is 3.13. The molecule has 0 aromatic heterocycles. The average Bonchev–Trinajstić information content (AvgIpc) is 2.14. The molecule has 0 amide bonds. The van der Waals surface area contributed by atoms with Gasteiger partial charge in [-0.1, -0.05) is 11.6 Å². The lowest BCUT2D eigenvalue weighted by Crippen LogP contribution is -1.90. The zero-order valence-corrected chi connectivity index (χ0v) is 5.91. The smallest absolute Gasteiger partial charge is 0.0545 e. The van der Waals surface area contributed by atoms with Crippen LogP contribution in [0.4, 0.5) is 0 Å². The van der Waals surface area contributed by atoms with Crippen LogP contribution in [-0.4, -0.2) is 5.38 Å². The van der Waals surface area contributed by atoms with Gasteiger partial charge in [0.25, 0.3) is 0 Å². The van der Waals surface area contributed by atoms with E-state index < -0.39 is 0 Å². The molecule has 0 spiro atoms. The molecule has 46 valence electrons. The standard InChI is InChI=1S/C7H11Cl/c1-2-6-4-3-5-7(6)8/h2,7H,3-5H2,1H3/b6-2+.